The van der Waals surface area contributed by atoms with Crippen molar-refractivity contribution in [3.05, 3.63) is 77.4 Å². The standard InChI is InChI=1S/C30H31NO4/c1-35-20-16-14-18(15-17-20)27-26(30(34)31(27)19-8-3-2-4-9-19)23-12-7-13-24-25(23)29(33)22-11-6-5-10-21(22)28(24)32/h5-7,10-12,14-17,19,23-27H,2-4,8-9,13H2,1H3/t23-,24+,25-,26-,27+/m0/s1. The number of allylic oxidation sites excluding steroid dienone is 2. The van der Waals surface area contributed by atoms with Crippen LogP contribution in [0, 0.1) is 23.7 Å². The van der Waals surface area contributed by atoms with Gasteiger partial charge in [-0.2, -0.15) is 0 Å². The maximum atomic E-state index is 13.8. The van der Waals surface area contributed by atoms with Gasteiger partial charge in [0.25, 0.3) is 0 Å². The first-order chi connectivity index (χ1) is 17.1. The minimum absolute atomic E-state index is 0.0111. The number of Topliss-reactive ketones (excluding diaryl/α,β-unsaturated/α-hetero) is 2. The summed E-state index contributed by atoms with van der Waals surface area (Å²) in [5.41, 5.74) is 2.12. The molecule has 1 aliphatic heterocycles. The number of amides is 1. The van der Waals surface area contributed by atoms with E-state index in [2.05, 4.69) is 11.0 Å². The van der Waals surface area contributed by atoms with Crippen molar-refractivity contribution in [3.8, 4) is 5.75 Å². The van der Waals surface area contributed by atoms with Crippen LogP contribution < -0.4 is 4.74 Å². The maximum absolute atomic E-state index is 13.8. The maximum Gasteiger partial charge on any atom is 0.229 e. The number of ketones is 2. The monoisotopic (exact) mass is 469 g/mol. The molecule has 180 valence electrons. The van der Waals surface area contributed by atoms with E-state index in [9.17, 15) is 14.4 Å². The average molecular weight is 470 g/mol. The van der Waals surface area contributed by atoms with Crippen LogP contribution in [0.1, 0.15) is 70.8 Å². The topological polar surface area (TPSA) is 63.7 Å². The van der Waals surface area contributed by atoms with Gasteiger partial charge in [-0.1, -0.05) is 67.8 Å². The van der Waals surface area contributed by atoms with Crippen molar-refractivity contribution in [1.82, 2.24) is 4.90 Å². The van der Waals surface area contributed by atoms with Gasteiger partial charge in [0.15, 0.2) is 11.6 Å². The van der Waals surface area contributed by atoms with E-state index < -0.39 is 5.92 Å². The summed E-state index contributed by atoms with van der Waals surface area (Å²) in [5, 5.41) is 0. The van der Waals surface area contributed by atoms with Gasteiger partial charge in [-0.15, -0.1) is 0 Å². The summed E-state index contributed by atoms with van der Waals surface area (Å²) in [4.78, 5) is 43.1. The first kappa shape index (κ1) is 22.3. The first-order valence-electron chi connectivity index (χ1n) is 12.9. The van der Waals surface area contributed by atoms with E-state index in [1.165, 1.54) is 6.42 Å². The normalized spacial score (nSPS) is 30.5. The van der Waals surface area contributed by atoms with E-state index in [0.717, 1.165) is 37.0 Å². The molecule has 0 spiro atoms. The van der Waals surface area contributed by atoms with Crippen molar-refractivity contribution < 1.29 is 19.1 Å². The fourth-order valence-corrected chi connectivity index (χ4v) is 7.03. The number of hydrogen-bond acceptors (Lipinski definition) is 4. The average Bonchev–Trinajstić information content (AvgIpc) is 2.91. The lowest BCUT2D eigenvalue weighted by Gasteiger charge is -2.56. The van der Waals surface area contributed by atoms with Crippen LogP contribution in [0.4, 0.5) is 0 Å². The SMILES string of the molecule is COc1ccc([C@@H]2[C@H]([C@H]3C=CC[C@H]4C(=O)c5ccccc5C(=O)[C@@H]34)C(=O)N2C2CCCCC2)cc1. The lowest BCUT2D eigenvalue weighted by atomic mass is 9.58. The fourth-order valence-electron chi connectivity index (χ4n) is 7.03. The van der Waals surface area contributed by atoms with E-state index in [0.29, 0.717) is 17.5 Å². The van der Waals surface area contributed by atoms with Crippen molar-refractivity contribution in [1.29, 1.82) is 0 Å². The molecule has 0 unspecified atom stereocenters. The van der Waals surface area contributed by atoms with E-state index in [-0.39, 0.29) is 47.3 Å². The molecule has 1 heterocycles. The van der Waals surface area contributed by atoms with Crippen LogP contribution in [0.2, 0.25) is 0 Å². The molecule has 0 bridgehead atoms. The lowest BCUT2D eigenvalue weighted by molar-refractivity contribution is -0.168. The van der Waals surface area contributed by atoms with Gasteiger partial charge < -0.3 is 9.64 Å². The van der Waals surface area contributed by atoms with Gasteiger partial charge in [0, 0.05) is 34.9 Å². The molecule has 2 aromatic carbocycles. The van der Waals surface area contributed by atoms with Crippen molar-refractivity contribution in [2.24, 2.45) is 23.7 Å². The minimum Gasteiger partial charge on any atom is -0.497 e. The van der Waals surface area contributed by atoms with Crippen molar-refractivity contribution in [3.63, 3.8) is 0 Å². The Kier molecular flexibility index (Phi) is 5.58. The first-order valence-corrected chi connectivity index (χ1v) is 12.9. The van der Waals surface area contributed by atoms with Crippen LogP contribution in [0.15, 0.2) is 60.7 Å². The molecule has 0 radical (unpaired) electrons. The number of nitrogens with zero attached hydrogens (tertiary/aromatic N) is 1. The van der Waals surface area contributed by atoms with Crippen LogP contribution in [0.5, 0.6) is 5.75 Å². The highest BCUT2D eigenvalue weighted by molar-refractivity contribution is 6.16. The summed E-state index contributed by atoms with van der Waals surface area (Å²) < 4.78 is 5.36. The molecule has 1 saturated heterocycles. The molecule has 5 heteroatoms. The Labute approximate surface area is 206 Å². The Morgan fingerprint density at radius 3 is 2.20 bits per heavy atom. The van der Waals surface area contributed by atoms with Crippen LogP contribution in [-0.4, -0.2) is 35.5 Å². The highest BCUT2D eigenvalue weighted by Gasteiger charge is 2.58. The quantitative estimate of drug-likeness (QED) is 0.443. The zero-order chi connectivity index (χ0) is 24.1. The Hall–Kier alpha value is -3.21. The molecule has 1 saturated carbocycles. The predicted octanol–water partition coefficient (Wildman–Crippen LogP) is 5.42. The molecular weight excluding hydrogens is 438 g/mol. The van der Waals surface area contributed by atoms with Gasteiger partial charge in [-0.05, 0) is 37.0 Å². The van der Waals surface area contributed by atoms with E-state index >= 15 is 0 Å². The molecule has 2 fully saturated rings. The van der Waals surface area contributed by atoms with Crippen LogP contribution in [0.3, 0.4) is 0 Å². The Bertz CT molecular complexity index is 1190. The molecule has 6 rings (SSSR count). The van der Waals surface area contributed by atoms with E-state index in [1.54, 1.807) is 19.2 Å². The van der Waals surface area contributed by atoms with E-state index in [4.69, 9.17) is 4.74 Å². The van der Waals surface area contributed by atoms with Gasteiger partial charge in [-0.25, -0.2) is 0 Å². The lowest BCUT2D eigenvalue weighted by Crippen LogP contribution is -2.63. The second-order valence-corrected chi connectivity index (χ2v) is 10.4. The Morgan fingerprint density at radius 2 is 1.51 bits per heavy atom. The molecule has 1 amide bonds. The fraction of sp³-hybridized carbons (Fsp3) is 0.433. The second kappa shape index (κ2) is 8.78. The largest absolute Gasteiger partial charge is 0.497 e. The van der Waals surface area contributed by atoms with Crippen LogP contribution in [-0.2, 0) is 4.79 Å². The molecule has 5 nitrogen and oxygen atoms in total. The number of likely N-dealkylation sites (tertiary alicyclic amines) is 1. The zero-order valence-corrected chi connectivity index (χ0v) is 20.1. The van der Waals surface area contributed by atoms with Crippen molar-refractivity contribution in [2.75, 3.05) is 7.11 Å². The summed E-state index contributed by atoms with van der Waals surface area (Å²) in [7, 11) is 1.65. The summed E-state index contributed by atoms with van der Waals surface area (Å²) >= 11 is 0. The Morgan fingerprint density at radius 1 is 0.829 bits per heavy atom. The third-order valence-electron chi connectivity index (χ3n) is 8.71. The van der Waals surface area contributed by atoms with E-state index in [1.807, 2.05) is 42.5 Å². The number of methoxy groups -OCH3 is 1. The van der Waals surface area contributed by atoms with Gasteiger partial charge in [-0.3, -0.25) is 14.4 Å². The summed E-state index contributed by atoms with van der Waals surface area (Å²) in [6, 6.07) is 15.3. The van der Waals surface area contributed by atoms with Gasteiger partial charge in [0.1, 0.15) is 5.75 Å². The zero-order valence-electron chi connectivity index (χ0n) is 20.1. The minimum atomic E-state index is -0.481. The summed E-state index contributed by atoms with van der Waals surface area (Å²) in [5.74, 6) is -0.525. The second-order valence-electron chi connectivity index (χ2n) is 10.4. The van der Waals surface area contributed by atoms with Gasteiger partial charge >= 0.3 is 0 Å². The van der Waals surface area contributed by atoms with Gasteiger partial charge in [0.05, 0.1) is 19.1 Å². The highest BCUT2D eigenvalue weighted by Crippen LogP contribution is 2.53. The predicted molar refractivity (Wildman–Crippen MR) is 132 cm³/mol. The number of fused-ring (bicyclic) bond motifs is 2. The molecule has 35 heavy (non-hydrogen) atoms. The molecule has 0 aromatic heterocycles. The van der Waals surface area contributed by atoms with Crippen molar-refractivity contribution >= 4 is 17.5 Å². The van der Waals surface area contributed by atoms with Crippen LogP contribution in [0.25, 0.3) is 0 Å². The van der Waals surface area contributed by atoms with Crippen LogP contribution >= 0.6 is 0 Å². The summed E-state index contributed by atoms with van der Waals surface area (Å²) in [6.45, 7) is 0. The molecular formula is C30H31NO4. The third-order valence-corrected chi connectivity index (χ3v) is 8.71. The molecule has 5 atom stereocenters. The molecule has 3 aliphatic carbocycles. The number of rotatable bonds is 4. The number of ether oxygens (including phenoxy) is 1. The number of hydrogen-bond donors (Lipinski definition) is 0. The van der Waals surface area contributed by atoms with Crippen molar-refractivity contribution in [2.45, 2.75) is 50.6 Å². The molecule has 2 aromatic rings. The Balaban J connectivity index is 1.39. The number of β-lactam (4-membered cyclic amide) rings is 1. The summed E-state index contributed by atoms with van der Waals surface area (Å²) in [6.07, 6.45) is 10.2. The highest BCUT2D eigenvalue weighted by atomic mass is 16.5. The molecule has 4 aliphatic rings. The molecule has 0 N–H and O–H groups in total. The number of carbonyl (C=O) groups is 3. The number of benzene rings is 2. The van der Waals surface area contributed by atoms with Gasteiger partial charge in [0.2, 0.25) is 5.91 Å². The number of carbonyl (C=O) groups excluding carboxylic acids is 3. The smallest absolute Gasteiger partial charge is 0.229 e. The third kappa shape index (κ3) is 3.47.